The first-order valence-electron chi connectivity index (χ1n) is 6.43. The molecule has 0 aliphatic rings. The number of thioether (sulfide) groups is 1. The van der Waals surface area contributed by atoms with E-state index in [1.807, 2.05) is 0 Å². The summed E-state index contributed by atoms with van der Waals surface area (Å²) in [4.78, 5) is 21.8. The summed E-state index contributed by atoms with van der Waals surface area (Å²) >= 11 is 1.13. The molecule has 0 atom stereocenters. The number of amides is 1. The van der Waals surface area contributed by atoms with E-state index in [0.29, 0.717) is 6.54 Å². The van der Waals surface area contributed by atoms with E-state index in [4.69, 9.17) is 5.11 Å². The van der Waals surface area contributed by atoms with E-state index in [2.05, 4.69) is 26.1 Å². The van der Waals surface area contributed by atoms with Gasteiger partial charge in [-0.25, -0.2) is 0 Å². The molecule has 18 heavy (non-hydrogen) atoms. The normalized spacial score (nSPS) is 11.3. The van der Waals surface area contributed by atoms with Gasteiger partial charge in [-0.2, -0.15) is 0 Å². The lowest BCUT2D eigenvalue weighted by molar-refractivity contribution is -0.133. The van der Waals surface area contributed by atoms with E-state index in [-0.39, 0.29) is 22.8 Å². The van der Waals surface area contributed by atoms with Gasteiger partial charge < -0.3 is 10.4 Å². The Bertz CT molecular complexity index is 267. The summed E-state index contributed by atoms with van der Waals surface area (Å²) in [6.45, 7) is 7.12. The third-order valence-electron chi connectivity index (χ3n) is 2.68. The van der Waals surface area contributed by atoms with Gasteiger partial charge in [0.1, 0.15) is 0 Å². The first kappa shape index (κ1) is 17.3. The lowest BCUT2D eigenvalue weighted by atomic mass is 9.87. The van der Waals surface area contributed by atoms with Crippen molar-refractivity contribution in [3.63, 3.8) is 0 Å². The zero-order chi connectivity index (χ0) is 14.0. The SMILES string of the molecule is CCCCCC(C)(C)CNC(=O)CSCC(=O)O. The molecule has 0 saturated heterocycles. The van der Waals surface area contributed by atoms with Crippen LogP contribution < -0.4 is 5.32 Å². The fraction of sp³-hybridized carbons (Fsp3) is 0.846. The second-order valence-electron chi connectivity index (χ2n) is 5.28. The van der Waals surface area contributed by atoms with Crippen LogP contribution in [0.1, 0.15) is 46.5 Å². The number of hydrogen-bond acceptors (Lipinski definition) is 3. The number of unbranched alkanes of at least 4 members (excludes halogenated alkanes) is 2. The fourth-order valence-corrected chi connectivity index (χ4v) is 2.13. The van der Waals surface area contributed by atoms with E-state index < -0.39 is 5.97 Å². The lowest BCUT2D eigenvalue weighted by Gasteiger charge is -2.24. The largest absolute Gasteiger partial charge is 0.481 e. The molecule has 0 aliphatic heterocycles. The predicted octanol–water partition coefficient (Wildman–Crippen LogP) is 2.53. The Kier molecular flexibility index (Phi) is 8.89. The Labute approximate surface area is 114 Å². The molecule has 4 nitrogen and oxygen atoms in total. The van der Waals surface area contributed by atoms with Crippen LogP contribution in [0.15, 0.2) is 0 Å². The van der Waals surface area contributed by atoms with Crippen LogP contribution in [0.5, 0.6) is 0 Å². The number of rotatable bonds is 10. The minimum Gasteiger partial charge on any atom is -0.481 e. The fourth-order valence-electron chi connectivity index (χ4n) is 1.56. The molecule has 0 aromatic heterocycles. The molecule has 0 saturated carbocycles. The summed E-state index contributed by atoms with van der Waals surface area (Å²) < 4.78 is 0. The van der Waals surface area contributed by atoms with Crippen molar-refractivity contribution in [2.24, 2.45) is 5.41 Å². The Morgan fingerprint density at radius 1 is 1.22 bits per heavy atom. The van der Waals surface area contributed by atoms with Crippen LogP contribution in [0.3, 0.4) is 0 Å². The standard InChI is InChI=1S/C13H25NO3S/c1-4-5-6-7-13(2,3)10-14-11(15)8-18-9-12(16)17/h4-10H2,1-3H3,(H,14,15)(H,16,17). The van der Waals surface area contributed by atoms with Crippen molar-refractivity contribution in [3.05, 3.63) is 0 Å². The van der Waals surface area contributed by atoms with Gasteiger partial charge in [0.25, 0.3) is 0 Å². The molecule has 0 spiro atoms. The molecule has 0 aliphatic carbocycles. The second kappa shape index (κ2) is 9.25. The monoisotopic (exact) mass is 275 g/mol. The highest BCUT2D eigenvalue weighted by Crippen LogP contribution is 2.22. The highest BCUT2D eigenvalue weighted by Gasteiger charge is 2.18. The van der Waals surface area contributed by atoms with E-state index in [1.54, 1.807) is 0 Å². The maximum Gasteiger partial charge on any atom is 0.313 e. The quantitative estimate of drug-likeness (QED) is 0.601. The minimum absolute atomic E-state index is 0.0205. The van der Waals surface area contributed by atoms with Gasteiger partial charge in [-0.1, -0.05) is 40.0 Å². The van der Waals surface area contributed by atoms with E-state index >= 15 is 0 Å². The molecular formula is C13H25NO3S. The van der Waals surface area contributed by atoms with Gasteiger partial charge in [-0.3, -0.25) is 9.59 Å². The first-order valence-corrected chi connectivity index (χ1v) is 7.59. The highest BCUT2D eigenvalue weighted by atomic mass is 32.2. The highest BCUT2D eigenvalue weighted by molar-refractivity contribution is 8.00. The molecule has 1 amide bonds. The van der Waals surface area contributed by atoms with Gasteiger partial charge in [-0.15, -0.1) is 11.8 Å². The molecule has 0 radical (unpaired) electrons. The van der Waals surface area contributed by atoms with Crippen LogP contribution in [0.2, 0.25) is 0 Å². The molecule has 0 bridgehead atoms. The van der Waals surface area contributed by atoms with E-state index in [1.165, 1.54) is 19.3 Å². The van der Waals surface area contributed by atoms with Crippen molar-refractivity contribution in [2.75, 3.05) is 18.1 Å². The summed E-state index contributed by atoms with van der Waals surface area (Å²) in [7, 11) is 0. The third kappa shape index (κ3) is 10.4. The Hall–Kier alpha value is -0.710. The van der Waals surface area contributed by atoms with Gasteiger partial charge in [0.15, 0.2) is 0 Å². The number of carbonyl (C=O) groups is 2. The zero-order valence-electron chi connectivity index (χ0n) is 11.6. The van der Waals surface area contributed by atoms with Crippen LogP contribution in [-0.2, 0) is 9.59 Å². The number of nitrogens with one attached hydrogen (secondary N) is 1. The number of carbonyl (C=O) groups excluding carboxylic acids is 1. The summed E-state index contributed by atoms with van der Waals surface area (Å²) in [5, 5.41) is 11.3. The molecule has 0 fully saturated rings. The van der Waals surface area contributed by atoms with Crippen LogP contribution in [0.4, 0.5) is 0 Å². The van der Waals surface area contributed by atoms with Crippen molar-refractivity contribution in [1.29, 1.82) is 0 Å². The summed E-state index contributed by atoms with van der Waals surface area (Å²) in [6, 6.07) is 0. The molecule has 5 heteroatoms. The van der Waals surface area contributed by atoms with Crippen LogP contribution in [-0.4, -0.2) is 35.0 Å². The zero-order valence-corrected chi connectivity index (χ0v) is 12.4. The third-order valence-corrected chi connectivity index (χ3v) is 3.60. The van der Waals surface area contributed by atoms with Crippen molar-refractivity contribution >= 4 is 23.6 Å². The van der Waals surface area contributed by atoms with Crippen molar-refractivity contribution in [1.82, 2.24) is 5.32 Å². The van der Waals surface area contributed by atoms with Crippen LogP contribution >= 0.6 is 11.8 Å². The van der Waals surface area contributed by atoms with E-state index in [0.717, 1.165) is 18.2 Å². The number of carboxylic acid groups (broad SMARTS) is 1. The summed E-state index contributed by atoms with van der Waals surface area (Å²) in [5.74, 6) is -0.762. The minimum atomic E-state index is -0.882. The van der Waals surface area contributed by atoms with Crippen molar-refractivity contribution < 1.29 is 14.7 Å². The molecular weight excluding hydrogens is 250 g/mol. The lowest BCUT2D eigenvalue weighted by Crippen LogP contribution is -2.35. The first-order chi connectivity index (χ1) is 8.37. The van der Waals surface area contributed by atoms with Crippen LogP contribution in [0, 0.1) is 5.41 Å². The maximum atomic E-state index is 11.5. The van der Waals surface area contributed by atoms with Gasteiger partial charge in [0.05, 0.1) is 11.5 Å². The molecule has 0 aromatic carbocycles. The van der Waals surface area contributed by atoms with Gasteiger partial charge >= 0.3 is 5.97 Å². The van der Waals surface area contributed by atoms with Gasteiger partial charge in [0, 0.05) is 6.54 Å². The molecule has 0 unspecified atom stereocenters. The van der Waals surface area contributed by atoms with Crippen molar-refractivity contribution in [2.45, 2.75) is 46.5 Å². The Balaban J connectivity index is 3.71. The van der Waals surface area contributed by atoms with Crippen LogP contribution in [0.25, 0.3) is 0 Å². The number of carboxylic acids is 1. The number of aliphatic carboxylic acids is 1. The van der Waals surface area contributed by atoms with Gasteiger partial charge in [0.2, 0.25) is 5.91 Å². The average Bonchev–Trinajstić information content (AvgIpc) is 2.26. The summed E-state index contributed by atoms with van der Waals surface area (Å²) in [5.41, 5.74) is 0.113. The van der Waals surface area contributed by atoms with Crippen molar-refractivity contribution in [3.8, 4) is 0 Å². The predicted molar refractivity (Wildman–Crippen MR) is 75.9 cm³/mol. The topological polar surface area (TPSA) is 66.4 Å². The molecule has 0 aromatic rings. The Morgan fingerprint density at radius 2 is 1.89 bits per heavy atom. The maximum absolute atomic E-state index is 11.5. The van der Waals surface area contributed by atoms with E-state index in [9.17, 15) is 9.59 Å². The summed E-state index contributed by atoms with van der Waals surface area (Å²) in [6.07, 6.45) is 4.72. The Morgan fingerprint density at radius 3 is 2.44 bits per heavy atom. The smallest absolute Gasteiger partial charge is 0.313 e. The number of hydrogen-bond donors (Lipinski definition) is 2. The van der Waals surface area contributed by atoms with Gasteiger partial charge in [-0.05, 0) is 11.8 Å². The molecule has 2 N–H and O–H groups in total. The molecule has 0 heterocycles. The average molecular weight is 275 g/mol. The molecule has 106 valence electrons. The second-order valence-corrected chi connectivity index (χ2v) is 6.27. The molecule has 0 rings (SSSR count).